The molecule has 1 heterocycles. The number of benzene rings is 1. The van der Waals surface area contributed by atoms with Gasteiger partial charge in [-0.25, -0.2) is 0 Å². The van der Waals surface area contributed by atoms with Crippen molar-refractivity contribution in [1.29, 1.82) is 0 Å². The standard InChI is InChI=1S/C12H13NO3/c1-13(12(15)6-7-14)10-8-16-11-5-3-2-4-9(10)11/h2-5,8,14H,6-7H2,1H3. The van der Waals surface area contributed by atoms with Crippen LogP contribution in [-0.2, 0) is 4.79 Å². The maximum absolute atomic E-state index is 11.6. The summed E-state index contributed by atoms with van der Waals surface area (Å²) in [5.41, 5.74) is 1.48. The van der Waals surface area contributed by atoms with E-state index in [1.807, 2.05) is 24.3 Å². The molecule has 0 radical (unpaired) electrons. The van der Waals surface area contributed by atoms with Crippen molar-refractivity contribution in [2.75, 3.05) is 18.6 Å². The summed E-state index contributed by atoms with van der Waals surface area (Å²) < 4.78 is 5.34. The Morgan fingerprint density at radius 1 is 1.44 bits per heavy atom. The smallest absolute Gasteiger partial charge is 0.229 e. The Hall–Kier alpha value is -1.81. The Labute approximate surface area is 93.1 Å². The summed E-state index contributed by atoms with van der Waals surface area (Å²) in [6.07, 6.45) is 1.68. The molecule has 4 heteroatoms. The van der Waals surface area contributed by atoms with E-state index >= 15 is 0 Å². The number of anilines is 1. The van der Waals surface area contributed by atoms with E-state index in [9.17, 15) is 4.79 Å². The van der Waals surface area contributed by atoms with E-state index in [1.165, 1.54) is 4.90 Å². The third kappa shape index (κ3) is 1.79. The molecule has 2 aromatic rings. The van der Waals surface area contributed by atoms with Gasteiger partial charge in [-0.1, -0.05) is 12.1 Å². The summed E-state index contributed by atoms with van der Waals surface area (Å²) in [5, 5.41) is 9.62. The number of rotatable bonds is 3. The number of carbonyl (C=O) groups is 1. The summed E-state index contributed by atoms with van der Waals surface area (Å²) >= 11 is 0. The number of para-hydroxylation sites is 1. The van der Waals surface area contributed by atoms with E-state index in [1.54, 1.807) is 13.3 Å². The lowest BCUT2D eigenvalue weighted by Crippen LogP contribution is -2.26. The zero-order valence-electron chi connectivity index (χ0n) is 9.01. The van der Waals surface area contributed by atoms with Crippen LogP contribution in [0, 0.1) is 0 Å². The first kappa shape index (κ1) is 10.7. The van der Waals surface area contributed by atoms with Crippen LogP contribution in [0.3, 0.4) is 0 Å². The molecule has 1 N–H and O–H groups in total. The number of amides is 1. The second kappa shape index (κ2) is 4.37. The monoisotopic (exact) mass is 219 g/mol. The van der Waals surface area contributed by atoms with Gasteiger partial charge in [0.05, 0.1) is 18.7 Å². The minimum absolute atomic E-state index is 0.121. The van der Waals surface area contributed by atoms with Gasteiger partial charge in [-0.3, -0.25) is 4.79 Å². The molecule has 1 amide bonds. The molecule has 0 unspecified atom stereocenters. The van der Waals surface area contributed by atoms with Crippen molar-refractivity contribution in [3.63, 3.8) is 0 Å². The molecule has 1 aromatic carbocycles. The molecule has 0 aliphatic carbocycles. The van der Waals surface area contributed by atoms with Gasteiger partial charge in [0.25, 0.3) is 0 Å². The number of fused-ring (bicyclic) bond motifs is 1. The second-order valence-electron chi connectivity index (χ2n) is 3.54. The van der Waals surface area contributed by atoms with Crippen LogP contribution in [0.5, 0.6) is 0 Å². The number of hydrogen-bond donors (Lipinski definition) is 1. The molecule has 0 saturated heterocycles. The number of nitrogens with zero attached hydrogens (tertiary/aromatic N) is 1. The van der Waals surface area contributed by atoms with Gasteiger partial charge in [-0.2, -0.15) is 0 Å². The topological polar surface area (TPSA) is 53.7 Å². The largest absolute Gasteiger partial charge is 0.462 e. The van der Waals surface area contributed by atoms with Crippen LogP contribution in [0.15, 0.2) is 34.9 Å². The van der Waals surface area contributed by atoms with Gasteiger partial charge in [0.2, 0.25) is 5.91 Å². The molecule has 1 aromatic heterocycles. The molecule has 0 saturated carbocycles. The lowest BCUT2D eigenvalue weighted by molar-refractivity contribution is -0.118. The highest BCUT2D eigenvalue weighted by molar-refractivity contribution is 6.01. The zero-order valence-corrected chi connectivity index (χ0v) is 9.01. The summed E-state index contributed by atoms with van der Waals surface area (Å²) in [4.78, 5) is 13.1. The summed E-state index contributed by atoms with van der Waals surface area (Å²) in [7, 11) is 1.68. The van der Waals surface area contributed by atoms with Crippen molar-refractivity contribution >= 4 is 22.6 Å². The van der Waals surface area contributed by atoms with Crippen LogP contribution in [0.2, 0.25) is 0 Å². The number of carbonyl (C=O) groups excluding carboxylic acids is 1. The maximum Gasteiger partial charge on any atom is 0.229 e. The van der Waals surface area contributed by atoms with E-state index in [2.05, 4.69) is 0 Å². The number of aliphatic hydroxyl groups excluding tert-OH is 1. The van der Waals surface area contributed by atoms with E-state index < -0.39 is 0 Å². The van der Waals surface area contributed by atoms with Crippen molar-refractivity contribution in [2.24, 2.45) is 0 Å². The number of furan rings is 1. The van der Waals surface area contributed by atoms with E-state index in [0.29, 0.717) is 0 Å². The first-order valence-corrected chi connectivity index (χ1v) is 5.07. The highest BCUT2D eigenvalue weighted by Gasteiger charge is 2.15. The van der Waals surface area contributed by atoms with Crippen LogP contribution in [0.25, 0.3) is 11.0 Å². The van der Waals surface area contributed by atoms with Crippen molar-refractivity contribution in [3.05, 3.63) is 30.5 Å². The fraction of sp³-hybridized carbons (Fsp3) is 0.250. The number of hydrogen-bond acceptors (Lipinski definition) is 3. The van der Waals surface area contributed by atoms with Gasteiger partial charge in [0.1, 0.15) is 11.8 Å². The molecule has 2 rings (SSSR count). The lowest BCUT2D eigenvalue weighted by Gasteiger charge is -2.14. The SMILES string of the molecule is CN(C(=O)CCO)c1coc2ccccc12. The van der Waals surface area contributed by atoms with Gasteiger partial charge in [0, 0.05) is 12.4 Å². The number of aliphatic hydroxyl groups is 1. The molecule has 0 spiro atoms. The average Bonchev–Trinajstić information content (AvgIpc) is 2.72. The van der Waals surface area contributed by atoms with Crippen LogP contribution < -0.4 is 4.90 Å². The van der Waals surface area contributed by atoms with Gasteiger partial charge in [0.15, 0.2) is 0 Å². The Morgan fingerprint density at radius 3 is 2.94 bits per heavy atom. The van der Waals surface area contributed by atoms with E-state index in [0.717, 1.165) is 16.7 Å². The zero-order chi connectivity index (χ0) is 11.5. The summed E-state index contributed by atoms with van der Waals surface area (Å²) in [5.74, 6) is -0.131. The average molecular weight is 219 g/mol. The quantitative estimate of drug-likeness (QED) is 0.856. The molecule has 0 bridgehead atoms. The van der Waals surface area contributed by atoms with Crippen molar-refractivity contribution < 1.29 is 14.3 Å². The fourth-order valence-corrected chi connectivity index (χ4v) is 1.62. The Bertz CT molecular complexity index is 504. The summed E-state index contributed by atoms with van der Waals surface area (Å²) in [6.45, 7) is -0.140. The molecular formula is C12H13NO3. The molecule has 4 nitrogen and oxygen atoms in total. The maximum atomic E-state index is 11.6. The van der Waals surface area contributed by atoms with Crippen LogP contribution >= 0.6 is 0 Å². The first-order valence-electron chi connectivity index (χ1n) is 5.07. The minimum atomic E-state index is -0.140. The molecule has 0 fully saturated rings. The Balaban J connectivity index is 2.36. The Morgan fingerprint density at radius 2 is 2.19 bits per heavy atom. The summed E-state index contributed by atoms with van der Waals surface area (Å²) in [6, 6.07) is 7.52. The van der Waals surface area contributed by atoms with Crippen LogP contribution in [-0.4, -0.2) is 24.7 Å². The molecule has 0 aliphatic rings. The van der Waals surface area contributed by atoms with Gasteiger partial charge >= 0.3 is 0 Å². The van der Waals surface area contributed by atoms with Crippen molar-refractivity contribution in [2.45, 2.75) is 6.42 Å². The lowest BCUT2D eigenvalue weighted by atomic mass is 10.2. The van der Waals surface area contributed by atoms with Crippen molar-refractivity contribution in [3.8, 4) is 0 Å². The highest BCUT2D eigenvalue weighted by Crippen LogP contribution is 2.28. The second-order valence-corrected chi connectivity index (χ2v) is 3.54. The molecule has 16 heavy (non-hydrogen) atoms. The molecule has 0 atom stereocenters. The predicted octanol–water partition coefficient (Wildman–Crippen LogP) is 1.78. The predicted molar refractivity (Wildman–Crippen MR) is 61.3 cm³/mol. The molecular weight excluding hydrogens is 206 g/mol. The van der Waals surface area contributed by atoms with Gasteiger partial charge in [-0.05, 0) is 12.1 Å². The Kier molecular flexibility index (Phi) is 2.92. The van der Waals surface area contributed by atoms with Crippen LogP contribution in [0.4, 0.5) is 5.69 Å². The molecule has 0 aliphatic heterocycles. The van der Waals surface area contributed by atoms with Crippen molar-refractivity contribution in [1.82, 2.24) is 0 Å². The first-order chi connectivity index (χ1) is 7.74. The van der Waals surface area contributed by atoms with Gasteiger partial charge < -0.3 is 14.4 Å². The van der Waals surface area contributed by atoms with E-state index in [-0.39, 0.29) is 18.9 Å². The van der Waals surface area contributed by atoms with Gasteiger partial charge in [-0.15, -0.1) is 0 Å². The highest BCUT2D eigenvalue weighted by atomic mass is 16.3. The normalized spacial score (nSPS) is 10.6. The fourth-order valence-electron chi connectivity index (χ4n) is 1.62. The third-order valence-electron chi connectivity index (χ3n) is 2.52. The third-order valence-corrected chi connectivity index (χ3v) is 2.52. The van der Waals surface area contributed by atoms with E-state index in [4.69, 9.17) is 9.52 Å². The van der Waals surface area contributed by atoms with Crippen LogP contribution in [0.1, 0.15) is 6.42 Å². The minimum Gasteiger partial charge on any atom is -0.462 e. The molecule has 84 valence electrons.